The van der Waals surface area contributed by atoms with Crippen LogP contribution in [-0.4, -0.2) is 33.0 Å². The van der Waals surface area contributed by atoms with E-state index in [0.29, 0.717) is 0 Å². The highest BCUT2D eigenvalue weighted by Crippen LogP contribution is 2.50. The molecule has 1 aliphatic rings. The third-order valence-corrected chi connectivity index (χ3v) is 11.1. The molecule has 0 aliphatic carbocycles. The van der Waals surface area contributed by atoms with E-state index in [2.05, 4.69) is 0 Å². The SMILES string of the molecule is C[C@@](O)(CP(=O)(c1ccccc1)c1ccccc1)C1SCCCS1. The van der Waals surface area contributed by atoms with Crippen molar-refractivity contribution in [1.82, 2.24) is 0 Å². The van der Waals surface area contributed by atoms with E-state index in [1.54, 1.807) is 23.5 Å². The lowest BCUT2D eigenvalue weighted by molar-refractivity contribution is 0.102. The summed E-state index contributed by atoms with van der Waals surface area (Å²) < 4.78 is 14.2. The number of thioether (sulfide) groups is 2. The predicted octanol–water partition coefficient (Wildman–Crippen LogP) is 3.95. The molecule has 1 heterocycles. The third kappa shape index (κ3) is 3.94. The van der Waals surface area contributed by atoms with Crippen molar-refractivity contribution in [1.29, 1.82) is 0 Å². The van der Waals surface area contributed by atoms with E-state index < -0.39 is 12.7 Å². The topological polar surface area (TPSA) is 37.3 Å². The van der Waals surface area contributed by atoms with E-state index in [1.165, 1.54) is 6.42 Å². The molecule has 2 aromatic carbocycles. The van der Waals surface area contributed by atoms with Gasteiger partial charge in [0.2, 0.25) is 0 Å². The molecule has 3 rings (SSSR count). The number of benzene rings is 2. The zero-order valence-corrected chi connectivity index (χ0v) is 16.3. The molecule has 24 heavy (non-hydrogen) atoms. The summed E-state index contributed by atoms with van der Waals surface area (Å²) in [5, 5.41) is 12.8. The molecule has 128 valence electrons. The van der Waals surface area contributed by atoms with Gasteiger partial charge in [0, 0.05) is 16.8 Å². The molecule has 2 aromatic rings. The third-order valence-electron chi connectivity index (χ3n) is 4.22. The molecular weight excluding hydrogens is 355 g/mol. The Morgan fingerprint density at radius 2 is 1.46 bits per heavy atom. The molecule has 1 fully saturated rings. The van der Waals surface area contributed by atoms with Crippen LogP contribution < -0.4 is 10.6 Å². The van der Waals surface area contributed by atoms with E-state index in [9.17, 15) is 9.67 Å². The van der Waals surface area contributed by atoms with Crippen LogP contribution in [0.25, 0.3) is 0 Å². The average molecular weight is 378 g/mol. The molecule has 0 spiro atoms. The second kappa shape index (κ2) is 7.70. The van der Waals surface area contributed by atoms with E-state index in [4.69, 9.17) is 0 Å². The van der Waals surface area contributed by atoms with Crippen molar-refractivity contribution in [3.05, 3.63) is 60.7 Å². The second-order valence-electron chi connectivity index (χ2n) is 6.35. The summed E-state index contributed by atoms with van der Waals surface area (Å²) in [7, 11) is -2.89. The average Bonchev–Trinajstić information content (AvgIpc) is 2.63. The Hall–Kier alpha value is -0.670. The van der Waals surface area contributed by atoms with Crippen LogP contribution in [0.3, 0.4) is 0 Å². The Morgan fingerprint density at radius 3 is 1.92 bits per heavy atom. The first kappa shape index (κ1) is 18.1. The van der Waals surface area contributed by atoms with Crippen LogP contribution in [0.1, 0.15) is 13.3 Å². The Balaban J connectivity index is 1.98. The lowest BCUT2D eigenvalue weighted by atomic mass is 10.2. The van der Waals surface area contributed by atoms with Crippen molar-refractivity contribution in [3.8, 4) is 0 Å². The molecule has 1 atom stereocenters. The van der Waals surface area contributed by atoms with Crippen LogP contribution in [0.15, 0.2) is 60.7 Å². The highest BCUT2D eigenvalue weighted by Gasteiger charge is 2.42. The summed E-state index contributed by atoms with van der Waals surface area (Å²) in [6.07, 6.45) is 1.45. The monoisotopic (exact) mass is 378 g/mol. The largest absolute Gasteiger partial charge is 0.388 e. The molecule has 0 radical (unpaired) electrons. The van der Waals surface area contributed by atoms with Crippen molar-refractivity contribution in [2.45, 2.75) is 23.5 Å². The maximum atomic E-state index is 14.1. The minimum Gasteiger partial charge on any atom is -0.388 e. The number of hydrogen-bond acceptors (Lipinski definition) is 4. The summed E-state index contributed by atoms with van der Waals surface area (Å²) in [6.45, 7) is 1.85. The van der Waals surface area contributed by atoms with Gasteiger partial charge in [0.15, 0.2) is 0 Å². The van der Waals surface area contributed by atoms with E-state index in [0.717, 1.165) is 22.1 Å². The number of rotatable bonds is 5. The summed E-state index contributed by atoms with van der Waals surface area (Å²) in [6, 6.07) is 19.2. The van der Waals surface area contributed by atoms with Gasteiger partial charge in [-0.1, -0.05) is 60.7 Å². The van der Waals surface area contributed by atoms with E-state index >= 15 is 0 Å². The van der Waals surface area contributed by atoms with Crippen LogP contribution in [0.4, 0.5) is 0 Å². The molecule has 1 N–H and O–H groups in total. The minimum absolute atomic E-state index is 0.0759. The molecule has 2 nitrogen and oxygen atoms in total. The van der Waals surface area contributed by atoms with Gasteiger partial charge in [-0.25, -0.2) is 0 Å². The van der Waals surface area contributed by atoms with Gasteiger partial charge in [0.25, 0.3) is 0 Å². The van der Waals surface area contributed by atoms with Gasteiger partial charge in [-0.2, -0.15) is 0 Å². The fourth-order valence-corrected chi connectivity index (χ4v) is 9.42. The van der Waals surface area contributed by atoms with Crippen molar-refractivity contribution in [3.63, 3.8) is 0 Å². The molecule has 1 saturated heterocycles. The van der Waals surface area contributed by atoms with Gasteiger partial charge >= 0.3 is 0 Å². The fourth-order valence-electron chi connectivity index (χ4n) is 3.04. The summed E-state index contributed by atoms with van der Waals surface area (Å²) in [4.78, 5) is 0. The highest BCUT2D eigenvalue weighted by molar-refractivity contribution is 8.17. The Kier molecular flexibility index (Phi) is 5.82. The Bertz CT molecular complexity index is 654. The lowest BCUT2D eigenvalue weighted by Crippen LogP contribution is -2.42. The summed E-state index contributed by atoms with van der Waals surface area (Å²) in [5.41, 5.74) is -0.975. The Morgan fingerprint density at radius 1 is 1.00 bits per heavy atom. The molecule has 0 bridgehead atoms. The highest BCUT2D eigenvalue weighted by atomic mass is 32.2. The molecule has 0 saturated carbocycles. The zero-order chi connectivity index (χ0) is 17.0. The normalized spacial score (nSPS) is 18.9. The van der Waals surface area contributed by atoms with Crippen LogP contribution >= 0.6 is 30.7 Å². The molecule has 0 amide bonds. The van der Waals surface area contributed by atoms with Gasteiger partial charge in [-0.05, 0) is 24.9 Å². The van der Waals surface area contributed by atoms with Crippen molar-refractivity contribution < 1.29 is 9.67 Å². The van der Waals surface area contributed by atoms with Gasteiger partial charge in [0.1, 0.15) is 7.14 Å². The van der Waals surface area contributed by atoms with Gasteiger partial charge in [-0.15, -0.1) is 23.5 Å². The van der Waals surface area contributed by atoms with Crippen molar-refractivity contribution >= 4 is 41.3 Å². The first-order valence-corrected chi connectivity index (χ1v) is 12.2. The fraction of sp³-hybridized carbons (Fsp3) is 0.368. The van der Waals surface area contributed by atoms with Gasteiger partial charge in [-0.3, -0.25) is 0 Å². The molecule has 5 heteroatoms. The summed E-state index contributed by atoms with van der Waals surface area (Å²) >= 11 is 3.59. The predicted molar refractivity (Wildman–Crippen MR) is 109 cm³/mol. The van der Waals surface area contributed by atoms with E-state index in [1.807, 2.05) is 67.6 Å². The quantitative estimate of drug-likeness (QED) is 0.800. The van der Waals surface area contributed by atoms with Crippen LogP contribution in [0.5, 0.6) is 0 Å². The minimum atomic E-state index is -2.89. The standard InChI is InChI=1S/C19H23O2PS2/c1-19(20,18-23-13-8-14-24-18)15-22(21,16-9-4-2-5-10-16)17-11-6-3-7-12-17/h2-7,9-12,18,20H,8,13-15H2,1H3/t19-/m1/s1. The number of aliphatic hydroxyl groups is 1. The van der Waals surface area contributed by atoms with Crippen LogP contribution in [0, 0.1) is 0 Å². The van der Waals surface area contributed by atoms with Gasteiger partial charge < -0.3 is 9.67 Å². The van der Waals surface area contributed by atoms with Crippen molar-refractivity contribution in [2.24, 2.45) is 0 Å². The van der Waals surface area contributed by atoms with E-state index in [-0.39, 0.29) is 10.7 Å². The van der Waals surface area contributed by atoms with Crippen LogP contribution in [-0.2, 0) is 4.57 Å². The maximum absolute atomic E-state index is 14.1. The second-order valence-corrected chi connectivity index (χ2v) is 11.9. The summed E-state index contributed by atoms with van der Waals surface area (Å²) in [5.74, 6) is 2.13. The first-order chi connectivity index (χ1) is 11.5. The van der Waals surface area contributed by atoms with Crippen molar-refractivity contribution in [2.75, 3.05) is 17.7 Å². The molecule has 0 aromatic heterocycles. The van der Waals surface area contributed by atoms with Gasteiger partial charge in [0.05, 0.1) is 10.2 Å². The van der Waals surface area contributed by atoms with Crippen LogP contribution in [0.2, 0.25) is 0 Å². The smallest absolute Gasteiger partial charge is 0.146 e. The molecule has 0 unspecified atom stereocenters. The molecule has 1 aliphatic heterocycles. The number of hydrogen-bond donors (Lipinski definition) is 1. The Labute approximate surface area is 152 Å². The maximum Gasteiger partial charge on any atom is 0.146 e. The molecular formula is C19H23O2PS2. The first-order valence-electron chi connectivity index (χ1n) is 8.18. The zero-order valence-electron chi connectivity index (χ0n) is 13.8. The lowest BCUT2D eigenvalue weighted by Gasteiger charge is -2.37.